The van der Waals surface area contributed by atoms with Gasteiger partial charge in [0.25, 0.3) is 0 Å². The van der Waals surface area contributed by atoms with Gasteiger partial charge in [-0.15, -0.1) is 0 Å². The molecule has 0 aromatic carbocycles. The minimum atomic E-state index is -4.33. The van der Waals surface area contributed by atoms with Crippen molar-refractivity contribution in [2.75, 3.05) is 0 Å². The van der Waals surface area contributed by atoms with Crippen LogP contribution in [0, 0.1) is 0 Å². The van der Waals surface area contributed by atoms with E-state index >= 15 is 0 Å². The van der Waals surface area contributed by atoms with E-state index in [1.807, 2.05) is 0 Å². The summed E-state index contributed by atoms with van der Waals surface area (Å²) in [7, 11) is 0. The average Bonchev–Trinajstić information content (AvgIpc) is 2.29. The molecule has 0 spiro atoms. The van der Waals surface area contributed by atoms with Gasteiger partial charge >= 0.3 is 6.18 Å². The molecule has 1 heterocycles. The molecule has 14 heavy (non-hydrogen) atoms. The van der Waals surface area contributed by atoms with Crippen molar-refractivity contribution in [2.24, 2.45) is 5.73 Å². The first kappa shape index (κ1) is 11.0. The Kier molecular flexibility index (Phi) is 2.53. The highest BCUT2D eigenvalue weighted by Crippen LogP contribution is 2.21. The van der Waals surface area contributed by atoms with Gasteiger partial charge in [-0.25, -0.2) is 0 Å². The minimum absolute atomic E-state index is 0.00301. The van der Waals surface area contributed by atoms with Crippen molar-refractivity contribution in [3.05, 3.63) is 11.7 Å². The molecule has 4 nitrogen and oxygen atoms in total. The molecule has 1 aromatic heterocycles. The first-order valence-corrected chi connectivity index (χ1v) is 3.87. The summed E-state index contributed by atoms with van der Waals surface area (Å²) in [4.78, 5) is 3.54. The molecular formula is C7H10F3N3O. The first-order valence-electron chi connectivity index (χ1n) is 3.87. The zero-order valence-corrected chi connectivity index (χ0v) is 7.72. The molecule has 2 N–H and O–H groups in total. The lowest BCUT2D eigenvalue weighted by Gasteiger charge is -2.10. The van der Waals surface area contributed by atoms with E-state index in [2.05, 4.69) is 14.7 Å². The van der Waals surface area contributed by atoms with Crippen molar-refractivity contribution in [3.63, 3.8) is 0 Å². The molecule has 0 radical (unpaired) electrons. The van der Waals surface area contributed by atoms with Crippen LogP contribution in [0.5, 0.6) is 0 Å². The topological polar surface area (TPSA) is 64.9 Å². The molecule has 1 aromatic rings. The zero-order chi connectivity index (χ0) is 11.0. The lowest BCUT2D eigenvalue weighted by Crippen LogP contribution is -2.29. The third kappa shape index (κ3) is 2.99. The molecule has 0 aliphatic carbocycles. The predicted octanol–water partition coefficient (Wildman–Crippen LogP) is 1.37. The van der Waals surface area contributed by atoms with Crippen LogP contribution in [0.15, 0.2) is 4.52 Å². The number of nitrogens with two attached hydrogens (primary N) is 1. The number of rotatable bonds is 2. The Bertz CT molecular complexity index is 313. The van der Waals surface area contributed by atoms with Gasteiger partial charge in [-0.2, -0.15) is 18.2 Å². The first-order chi connectivity index (χ1) is 6.18. The van der Waals surface area contributed by atoms with Gasteiger partial charge in [0.15, 0.2) is 5.82 Å². The van der Waals surface area contributed by atoms with E-state index in [1.54, 1.807) is 13.8 Å². The van der Waals surface area contributed by atoms with Gasteiger partial charge in [-0.05, 0) is 13.8 Å². The van der Waals surface area contributed by atoms with Crippen LogP contribution >= 0.6 is 0 Å². The van der Waals surface area contributed by atoms with Crippen molar-refractivity contribution in [1.82, 2.24) is 10.1 Å². The fourth-order valence-electron chi connectivity index (χ4n) is 0.767. The second-order valence-corrected chi connectivity index (χ2v) is 3.53. The summed E-state index contributed by atoms with van der Waals surface area (Å²) in [6, 6.07) is 0. The monoisotopic (exact) mass is 209 g/mol. The predicted molar refractivity (Wildman–Crippen MR) is 41.3 cm³/mol. The minimum Gasteiger partial charge on any atom is -0.337 e. The van der Waals surface area contributed by atoms with Gasteiger partial charge in [0.05, 0.1) is 5.54 Å². The quantitative estimate of drug-likeness (QED) is 0.798. The lowest BCUT2D eigenvalue weighted by molar-refractivity contribution is -0.128. The lowest BCUT2D eigenvalue weighted by atomic mass is 10.1. The van der Waals surface area contributed by atoms with Crippen LogP contribution in [0.1, 0.15) is 25.6 Å². The molecule has 0 bridgehead atoms. The summed E-state index contributed by atoms with van der Waals surface area (Å²) in [5.41, 5.74) is 4.64. The molecule has 0 aliphatic heterocycles. The molecule has 0 aliphatic rings. The molecule has 0 saturated heterocycles. The molecule has 1 rings (SSSR count). The summed E-state index contributed by atoms with van der Waals surface area (Å²) >= 11 is 0. The molecule has 0 saturated carbocycles. The molecule has 0 unspecified atom stereocenters. The van der Waals surface area contributed by atoms with E-state index in [0.29, 0.717) is 0 Å². The van der Waals surface area contributed by atoms with Gasteiger partial charge < -0.3 is 10.3 Å². The maximum absolute atomic E-state index is 11.9. The van der Waals surface area contributed by atoms with E-state index in [1.165, 1.54) is 0 Å². The SMILES string of the molecule is CC(C)(N)c1nc(CC(F)(F)F)no1. The highest BCUT2D eigenvalue weighted by molar-refractivity contribution is 4.98. The number of hydrogen-bond acceptors (Lipinski definition) is 4. The average molecular weight is 209 g/mol. The Hall–Kier alpha value is -1.11. The number of hydrogen-bond donors (Lipinski definition) is 1. The van der Waals surface area contributed by atoms with Crippen LogP contribution in [0.25, 0.3) is 0 Å². The normalized spacial score (nSPS) is 13.3. The summed E-state index contributed by atoms with van der Waals surface area (Å²) in [6.45, 7) is 3.13. The Morgan fingerprint density at radius 2 is 1.93 bits per heavy atom. The largest absolute Gasteiger partial charge is 0.396 e. The van der Waals surface area contributed by atoms with Crippen LogP contribution in [0.4, 0.5) is 13.2 Å². The summed E-state index contributed by atoms with van der Waals surface area (Å²) in [5, 5.41) is 3.18. The number of alkyl halides is 3. The molecule has 0 amide bonds. The molecular weight excluding hydrogens is 199 g/mol. The van der Waals surface area contributed by atoms with Gasteiger partial charge in [0, 0.05) is 0 Å². The maximum Gasteiger partial charge on any atom is 0.396 e. The third-order valence-electron chi connectivity index (χ3n) is 1.38. The van der Waals surface area contributed by atoms with Gasteiger partial charge in [-0.1, -0.05) is 5.16 Å². The van der Waals surface area contributed by atoms with E-state index in [4.69, 9.17) is 5.73 Å². The van der Waals surface area contributed by atoms with Crippen LogP contribution in [-0.2, 0) is 12.0 Å². The fourth-order valence-corrected chi connectivity index (χ4v) is 0.767. The van der Waals surface area contributed by atoms with Crippen LogP contribution in [0.2, 0.25) is 0 Å². The zero-order valence-electron chi connectivity index (χ0n) is 7.72. The van der Waals surface area contributed by atoms with E-state index in [0.717, 1.165) is 0 Å². The maximum atomic E-state index is 11.9. The highest BCUT2D eigenvalue weighted by atomic mass is 19.4. The second-order valence-electron chi connectivity index (χ2n) is 3.53. The van der Waals surface area contributed by atoms with Crippen LogP contribution < -0.4 is 5.73 Å². The third-order valence-corrected chi connectivity index (χ3v) is 1.38. The van der Waals surface area contributed by atoms with Gasteiger partial charge in [-0.3, -0.25) is 0 Å². The molecule has 0 fully saturated rings. The van der Waals surface area contributed by atoms with E-state index < -0.39 is 24.0 Å². The van der Waals surface area contributed by atoms with Crippen molar-refractivity contribution in [3.8, 4) is 0 Å². The Morgan fingerprint density at radius 1 is 1.36 bits per heavy atom. The van der Waals surface area contributed by atoms with Crippen molar-refractivity contribution in [1.29, 1.82) is 0 Å². The van der Waals surface area contributed by atoms with E-state index in [9.17, 15) is 13.2 Å². The number of aromatic nitrogens is 2. The summed E-state index contributed by atoms with van der Waals surface area (Å²) < 4.78 is 40.3. The summed E-state index contributed by atoms with van der Waals surface area (Å²) in [6.07, 6.45) is -5.54. The number of nitrogens with zero attached hydrogens (tertiary/aromatic N) is 2. The van der Waals surface area contributed by atoms with E-state index in [-0.39, 0.29) is 5.89 Å². The molecule has 0 atom stereocenters. The Labute approximate surface area is 78.3 Å². The molecule has 80 valence electrons. The van der Waals surface area contributed by atoms with Gasteiger partial charge in [0.2, 0.25) is 5.89 Å². The van der Waals surface area contributed by atoms with Gasteiger partial charge in [0.1, 0.15) is 6.42 Å². The number of halogens is 3. The Morgan fingerprint density at radius 3 is 2.29 bits per heavy atom. The highest BCUT2D eigenvalue weighted by Gasteiger charge is 2.32. The molecule has 7 heteroatoms. The summed E-state index contributed by atoms with van der Waals surface area (Å²) in [5.74, 6) is -0.400. The van der Waals surface area contributed by atoms with Crippen molar-refractivity contribution in [2.45, 2.75) is 32.0 Å². The fraction of sp³-hybridized carbons (Fsp3) is 0.714. The van der Waals surface area contributed by atoms with Crippen molar-refractivity contribution < 1.29 is 17.7 Å². The Balaban J connectivity index is 2.79. The standard InChI is InChI=1S/C7H10F3N3O/c1-6(2,11)5-12-4(13-14-5)3-7(8,9)10/h3,11H2,1-2H3. The smallest absolute Gasteiger partial charge is 0.337 e. The van der Waals surface area contributed by atoms with Crippen LogP contribution in [-0.4, -0.2) is 16.3 Å². The van der Waals surface area contributed by atoms with Crippen molar-refractivity contribution >= 4 is 0 Å². The second kappa shape index (κ2) is 3.23. The van der Waals surface area contributed by atoms with Crippen LogP contribution in [0.3, 0.4) is 0 Å².